The second-order valence-corrected chi connectivity index (χ2v) is 7.63. The Labute approximate surface area is 207 Å². The maximum Gasteiger partial charge on any atom is 0.416 e. The van der Waals surface area contributed by atoms with E-state index in [0.29, 0.717) is 30.1 Å². The molecule has 3 aromatic rings. The van der Waals surface area contributed by atoms with Gasteiger partial charge in [0.1, 0.15) is 11.3 Å². The van der Waals surface area contributed by atoms with Crippen LogP contribution in [0.1, 0.15) is 23.6 Å². The molecule has 5 nitrogen and oxygen atoms in total. The highest BCUT2D eigenvalue weighted by molar-refractivity contribution is 6.28. The van der Waals surface area contributed by atoms with E-state index in [1.54, 1.807) is 19.1 Å². The van der Waals surface area contributed by atoms with Crippen LogP contribution >= 0.6 is 0 Å². The number of benzene rings is 3. The lowest BCUT2D eigenvalue weighted by Crippen LogP contribution is -2.25. The summed E-state index contributed by atoms with van der Waals surface area (Å²) >= 11 is 0. The van der Waals surface area contributed by atoms with Gasteiger partial charge in [-0.2, -0.15) is 26.3 Å². The van der Waals surface area contributed by atoms with Crippen LogP contribution in [0.15, 0.2) is 78.4 Å². The van der Waals surface area contributed by atoms with Crippen molar-refractivity contribution in [1.82, 2.24) is 0 Å². The number of alkyl halides is 6. The van der Waals surface area contributed by atoms with E-state index in [0.717, 1.165) is 30.3 Å². The minimum Gasteiger partial charge on any atom is -0.494 e. The third-order valence-corrected chi connectivity index (χ3v) is 4.89. The Balaban J connectivity index is 1.94. The van der Waals surface area contributed by atoms with Crippen molar-refractivity contribution in [2.75, 3.05) is 17.2 Å². The van der Waals surface area contributed by atoms with Crippen molar-refractivity contribution < 1.29 is 40.7 Å². The molecule has 0 heterocycles. The molecule has 3 aromatic carbocycles. The molecule has 0 unspecified atom stereocenters. The number of rotatable bonds is 7. The van der Waals surface area contributed by atoms with Crippen molar-refractivity contribution in [2.24, 2.45) is 0 Å². The Kier molecular flexibility index (Phi) is 8.26. The summed E-state index contributed by atoms with van der Waals surface area (Å²) in [7, 11) is 0. The van der Waals surface area contributed by atoms with Gasteiger partial charge in [0.2, 0.25) is 0 Å². The molecular weight excluding hydrogens is 502 g/mol. The van der Waals surface area contributed by atoms with E-state index in [4.69, 9.17) is 4.74 Å². The van der Waals surface area contributed by atoms with Gasteiger partial charge in [-0.15, -0.1) is 0 Å². The van der Waals surface area contributed by atoms with Gasteiger partial charge in [-0.05, 0) is 67.1 Å². The van der Waals surface area contributed by atoms with Crippen molar-refractivity contribution >= 4 is 29.3 Å². The summed E-state index contributed by atoms with van der Waals surface area (Å²) in [4.78, 5) is 26.0. The van der Waals surface area contributed by atoms with Crippen molar-refractivity contribution in [3.63, 3.8) is 0 Å². The van der Waals surface area contributed by atoms with Crippen LogP contribution in [0, 0.1) is 0 Å². The Morgan fingerprint density at radius 3 is 1.62 bits per heavy atom. The molecular formula is C26H20F6N2O3. The highest BCUT2D eigenvalue weighted by Crippen LogP contribution is 2.32. The summed E-state index contributed by atoms with van der Waals surface area (Å²) in [5.74, 6) is -1.63. The van der Waals surface area contributed by atoms with Gasteiger partial charge in [0.25, 0.3) is 11.8 Å². The molecule has 0 aliphatic heterocycles. The number of amides is 2. The van der Waals surface area contributed by atoms with Crippen molar-refractivity contribution in [2.45, 2.75) is 19.3 Å². The van der Waals surface area contributed by atoms with Gasteiger partial charge >= 0.3 is 12.4 Å². The first-order chi connectivity index (χ1) is 17.4. The Morgan fingerprint density at radius 2 is 1.22 bits per heavy atom. The second kappa shape index (κ2) is 11.2. The van der Waals surface area contributed by atoms with E-state index in [1.807, 2.05) is 0 Å². The molecule has 0 atom stereocenters. The summed E-state index contributed by atoms with van der Waals surface area (Å²) in [6.45, 7) is 2.18. The van der Waals surface area contributed by atoms with E-state index in [-0.39, 0.29) is 11.4 Å². The molecule has 3 rings (SSSR count). The largest absolute Gasteiger partial charge is 0.494 e. The number of hydrogen-bond acceptors (Lipinski definition) is 3. The standard InChI is InChI=1S/C26H20F6N2O3/c1-2-37-21-11-9-16(10-12-21)13-22(23(35)33-19-7-3-5-17(14-19)25(27,28)29)24(36)34-20-8-4-6-18(15-20)26(30,31)32/h3-15H,2H2,1H3,(H,33,35)(H,34,36). The van der Waals surface area contributed by atoms with Gasteiger partial charge in [-0.3, -0.25) is 9.59 Å². The lowest BCUT2D eigenvalue weighted by molar-refractivity contribution is -0.138. The normalized spacial score (nSPS) is 11.4. The topological polar surface area (TPSA) is 67.4 Å². The molecule has 2 amide bonds. The van der Waals surface area contributed by atoms with E-state index in [9.17, 15) is 35.9 Å². The summed E-state index contributed by atoms with van der Waals surface area (Å²) in [5.41, 5.74) is -2.70. The van der Waals surface area contributed by atoms with Gasteiger partial charge in [0, 0.05) is 11.4 Å². The summed E-state index contributed by atoms with van der Waals surface area (Å²) < 4.78 is 83.6. The van der Waals surface area contributed by atoms with Gasteiger partial charge < -0.3 is 15.4 Å². The molecule has 194 valence electrons. The van der Waals surface area contributed by atoms with Crippen molar-refractivity contribution in [3.05, 3.63) is 95.1 Å². The number of nitrogens with one attached hydrogen (secondary N) is 2. The maximum absolute atomic E-state index is 13.0. The van der Waals surface area contributed by atoms with Gasteiger partial charge in [-0.25, -0.2) is 0 Å². The van der Waals surface area contributed by atoms with Gasteiger partial charge in [0.05, 0.1) is 17.7 Å². The monoisotopic (exact) mass is 522 g/mol. The zero-order chi connectivity index (χ0) is 27.2. The third-order valence-electron chi connectivity index (χ3n) is 4.89. The molecule has 2 N–H and O–H groups in total. The Hall–Kier alpha value is -4.28. The average Bonchev–Trinajstić information content (AvgIpc) is 2.83. The molecule has 11 heteroatoms. The minimum atomic E-state index is -4.66. The van der Waals surface area contributed by atoms with Gasteiger partial charge in [-0.1, -0.05) is 24.3 Å². The molecule has 0 bridgehead atoms. The number of hydrogen-bond donors (Lipinski definition) is 2. The first-order valence-corrected chi connectivity index (χ1v) is 10.8. The summed E-state index contributed by atoms with van der Waals surface area (Å²) in [5, 5.41) is 4.47. The Bertz CT molecular complexity index is 1230. The highest BCUT2D eigenvalue weighted by Gasteiger charge is 2.32. The van der Waals surface area contributed by atoms with E-state index in [2.05, 4.69) is 10.6 Å². The molecule has 0 aromatic heterocycles. The fraction of sp³-hybridized carbons (Fsp3) is 0.154. The molecule has 0 aliphatic rings. The predicted molar refractivity (Wildman–Crippen MR) is 126 cm³/mol. The number of anilines is 2. The predicted octanol–water partition coefficient (Wildman–Crippen LogP) is 6.78. The van der Waals surface area contributed by atoms with Crippen LogP contribution in [-0.2, 0) is 21.9 Å². The zero-order valence-corrected chi connectivity index (χ0v) is 19.2. The lowest BCUT2D eigenvalue weighted by Gasteiger charge is -2.13. The summed E-state index contributed by atoms with van der Waals surface area (Å²) in [6.07, 6.45) is -8.17. The molecule has 0 radical (unpaired) electrons. The number of ether oxygens (including phenoxy) is 1. The SMILES string of the molecule is CCOc1ccc(C=C(C(=O)Nc2cccc(C(F)(F)F)c2)C(=O)Nc2cccc(C(F)(F)F)c2)cc1. The van der Waals surface area contributed by atoms with Crippen LogP contribution in [0.5, 0.6) is 5.75 Å². The van der Waals surface area contributed by atoms with Crippen LogP contribution in [0.4, 0.5) is 37.7 Å². The van der Waals surface area contributed by atoms with Crippen molar-refractivity contribution in [1.29, 1.82) is 0 Å². The van der Waals surface area contributed by atoms with Crippen molar-refractivity contribution in [3.8, 4) is 5.75 Å². The molecule has 0 aliphatic carbocycles. The molecule has 0 saturated carbocycles. The number of halogens is 6. The average molecular weight is 522 g/mol. The van der Waals surface area contributed by atoms with E-state index in [1.165, 1.54) is 24.3 Å². The highest BCUT2D eigenvalue weighted by atomic mass is 19.4. The fourth-order valence-corrected chi connectivity index (χ4v) is 3.17. The zero-order valence-electron chi connectivity index (χ0n) is 19.2. The number of carbonyl (C=O) groups excluding carboxylic acids is 2. The second-order valence-electron chi connectivity index (χ2n) is 7.63. The third kappa shape index (κ3) is 7.60. The molecule has 37 heavy (non-hydrogen) atoms. The van der Waals surface area contributed by atoms with Gasteiger partial charge in [0.15, 0.2) is 0 Å². The van der Waals surface area contributed by atoms with Crippen LogP contribution in [0.25, 0.3) is 6.08 Å². The fourth-order valence-electron chi connectivity index (χ4n) is 3.17. The van der Waals surface area contributed by atoms with Crippen LogP contribution in [0.2, 0.25) is 0 Å². The molecule has 0 spiro atoms. The first kappa shape index (κ1) is 27.3. The van der Waals surface area contributed by atoms with Crippen LogP contribution in [0.3, 0.4) is 0 Å². The first-order valence-electron chi connectivity index (χ1n) is 10.8. The minimum absolute atomic E-state index is 0.232. The lowest BCUT2D eigenvalue weighted by atomic mass is 10.1. The quantitative estimate of drug-likeness (QED) is 0.156. The van der Waals surface area contributed by atoms with E-state index < -0.39 is 40.9 Å². The smallest absolute Gasteiger partial charge is 0.416 e. The maximum atomic E-state index is 13.0. The molecule has 0 saturated heterocycles. The van der Waals surface area contributed by atoms with Crippen LogP contribution < -0.4 is 15.4 Å². The number of carbonyl (C=O) groups is 2. The Morgan fingerprint density at radius 1 is 0.757 bits per heavy atom. The van der Waals surface area contributed by atoms with E-state index >= 15 is 0 Å². The molecule has 0 fully saturated rings. The summed E-state index contributed by atoms with van der Waals surface area (Å²) in [6, 6.07) is 13.8. The van der Waals surface area contributed by atoms with Crippen LogP contribution in [-0.4, -0.2) is 18.4 Å².